The van der Waals surface area contributed by atoms with E-state index in [0.29, 0.717) is 6.61 Å². The summed E-state index contributed by atoms with van der Waals surface area (Å²) >= 11 is 1.69. The van der Waals surface area contributed by atoms with Crippen LogP contribution in [0.15, 0.2) is 54.6 Å². The molecule has 1 aromatic heterocycles. The van der Waals surface area contributed by atoms with Crippen LogP contribution in [0, 0.1) is 0 Å². The van der Waals surface area contributed by atoms with Crippen LogP contribution in [0.1, 0.15) is 36.4 Å². The molecule has 4 nitrogen and oxygen atoms in total. The molecule has 1 aliphatic rings. The van der Waals surface area contributed by atoms with Crippen molar-refractivity contribution in [3.8, 4) is 0 Å². The van der Waals surface area contributed by atoms with Crippen LogP contribution < -0.4 is 0 Å². The van der Waals surface area contributed by atoms with Crippen molar-refractivity contribution in [2.45, 2.75) is 38.5 Å². The van der Waals surface area contributed by atoms with Crippen molar-refractivity contribution in [1.82, 2.24) is 9.88 Å². The number of hydrogen-bond donors (Lipinski definition) is 0. The van der Waals surface area contributed by atoms with Crippen molar-refractivity contribution in [3.63, 3.8) is 0 Å². The molecule has 0 bridgehead atoms. The molecule has 0 aliphatic carbocycles. The Balaban J connectivity index is 1.45. The van der Waals surface area contributed by atoms with Gasteiger partial charge in [0.25, 0.3) is 5.91 Å². The lowest BCUT2D eigenvalue weighted by molar-refractivity contribution is -0.144. The van der Waals surface area contributed by atoms with E-state index in [2.05, 4.69) is 6.07 Å². The Hall–Kier alpha value is -2.24. The second-order valence-electron chi connectivity index (χ2n) is 6.65. The summed E-state index contributed by atoms with van der Waals surface area (Å²) in [6.45, 7) is 3.07. The lowest BCUT2D eigenvalue weighted by atomic mass is 10.2. The Morgan fingerprint density at radius 3 is 2.81 bits per heavy atom. The highest BCUT2D eigenvalue weighted by atomic mass is 32.1. The van der Waals surface area contributed by atoms with Crippen LogP contribution in [-0.2, 0) is 16.1 Å². The number of hydrogen-bond acceptors (Lipinski definition) is 4. The number of amides is 1. The third kappa shape index (κ3) is 3.50. The quantitative estimate of drug-likeness (QED) is 0.664. The largest absolute Gasteiger partial charge is 0.364 e. The lowest BCUT2D eigenvalue weighted by Gasteiger charge is -2.26. The second kappa shape index (κ2) is 7.56. The maximum absolute atomic E-state index is 12.9. The van der Waals surface area contributed by atoms with E-state index in [0.717, 1.165) is 35.5 Å². The molecule has 2 atom stereocenters. The standard InChI is InChI=1S/C21H22N2O2S/c1-15(25-14-16-8-3-2-4-9-16)21(24)23-13-7-11-18(23)20-22-17-10-5-6-12-19(17)26-20/h2-6,8-10,12,15,18H,7,11,13-14H2,1H3. The average molecular weight is 366 g/mol. The van der Waals surface area contributed by atoms with Gasteiger partial charge in [0.1, 0.15) is 11.1 Å². The molecule has 2 heterocycles. The van der Waals surface area contributed by atoms with E-state index in [-0.39, 0.29) is 11.9 Å². The molecule has 0 radical (unpaired) electrons. The van der Waals surface area contributed by atoms with Gasteiger partial charge < -0.3 is 9.64 Å². The Morgan fingerprint density at radius 2 is 2.00 bits per heavy atom. The summed E-state index contributed by atoms with van der Waals surface area (Å²) in [5.41, 5.74) is 2.09. The molecule has 4 rings (SSSR count). The van der Waals surface area contributed by atoms with Gasteiger partial charge >= 0.3 is 0 Å². The van der Waals surface area contributed by atoms with Crippen molar-refractivity contribution < 1.29 is 9.53 Å². The normalized spacial score (nSPS) is 18.3. The van der Waals surface area contributed by atoms with Crippen LogP contribution in [0.2, 0.25) is 0 Å². The number of benzene rings is 2. The van der Waals surface area contributed by atoms with Crippen molar-refractivity contribution in [2.75, 3.05) is 6.54 Å². The molecule has 5 heteroatoms. The molecule has 0 spiro atoms. The monoisotopic (exact) mass is 366 g/mol. The molecule has 1 amide bonds. The molecule has 1 aliphatic heterocycles. The first-order valence-electron chi connectivity index (χ1n) is 9.04. The number of nitrogens with zero attached hydrogens (tertiary/aromatic N) is 2. The van der Waals surface area contributed by atoms with Crippen LogP contribution in [0.5, 0.6) is 0 Å². The summed E-state index contributed by atoms with van der Waals surface area (Å²) in [6.07, 6.45) is 1.53. The van der Waals surface area contributed by atoms with E-state index in [1.54, 1.807) is 11.3 Å². The van der Waals surface area contributed by atoms with E-state index in [1.807, 2.05) is 60.4 Å². The predicted molar refractivity (Wildman–Crippen MR) is 104 cm³/mol. The fourth-order valence-electron chi connectivity index (χ4n) is 3.42. The van der Waals surface area contributed by atoms with E-state index < -0.39 is 6.10 Å². The van der Waals surface area contributed by atoms with Crippen LogP contribution >= 0.6 is 11.3 Å². The second-order valence-corrected chi connectivity index (χ2v) is 7.71. The van der Waals surface area contributed by atoms with Gasteiger partial charge in [0, 0.05) is 6.54 Å². The summed E-state index contributed by atoms with van der Waals surface area (Å²) in [7, 11) is 0. The minimum Gasteiger partial charge on any atom is -0.364 e. The third-order valence-corrected chi connectivity index (χ3v) is 5.96. The molecular weight excluding hydrogens is 344 g/mol. The minimum atomic E-state index is -0.454. The number of para-hydroxylation sites is 1. The number of likely N-dealkylation sites (tertiary alicyclic amines) is 1. The number of aromatic nitrogens is 1. The fraction of sp³-hybridized carbons (Fsp3) is 0.333. The van der Waals surface area contributed by atoms with E-state index in [9.17, 15) is 4.79 Å². The van der Waals surface area contributed by atoms with Crippen LogP contribution in [-0.4, -0.2) is 28.4 Å². The summed E-state index contributed by atoms with van der Waals surface area (Å²) in [5.74, 6) is 0.0580. The van der Waals surface area contributed by atoms with Gasteiger partial charge in [0.05, 0.1) is 22.9 Å². The smallest absolute Gasteiger partial charge is 0.252 e. The number of fused-ring (bicyclic) bond motifs is 1. The fourth-order valence-corrected chi connectivity index (χ4v) is 4.54. The van der Waals surface area contributed by atoms with Gasteiger partial charge in [-0.2, -0.15) is 0 Å². The zero-order valence-electron chi connectivity index (χ0n) is 14.8. The van der Waals surface area contributed by atoms with Gasteiger partial charge in [-0.25, -0.2) is 4.98 Å². The van der Waals surface area contributed by atoms with E-state index >= 15 is 0 Å². The Bertz CT molecular complexity index is 860. The molecule has 134 valence electrons. The summed E-state index contributed by atoms with van der Waals surface area (Å²) in [5, 5.41) is 1.03. The van der Waals surface area contributed by atoms with Gasteiger partial charge in [-0.3, -0.25) is 4.79 Å². The highest BCUT2D eigenvalue weighted by Crippen LogP contribution is 2.36. The lowest BCUT2D eigenvalue weighted by Crippen LogP contribution is -2.38. The van der Waals surface area contributed by atoms with E-state index in [1.165, 1.54) is 4.70 Å². The molecule has 2 aromatic carbocycles. The van der Waals surface area contributed by atoms with Crippen LogP contribution in [0.25, 0.3) is 10.2 Å². The summed E-state index contributed by atoms with van der Waals surface area (Å²) in [4.78, 5) is 19.7. The molecule has 0 saturated carbocycles. The topological polar surface area (TPSA) is 42.4 Å². The minimum absolute atomic E-state index is 0.0580. The number of thiazole rings is 1. The van der Waals surface area contributed by atoms with Gasteiger partial charge in [-0.1, -0.05) is 42.5 Å². The van der Waals surface area contributed by atoms with Crippen molar-refractivity contribution in [3.05, 3.63) is 65.2 Å². The van der Waals surface area contributed by atoms with Gasteiger partial charge in [-0.15, -0.1) is 11.3 Å². The molecule has 26 heavy (non-hydrogen) atoms. The Kier molecular flexibility index (Phi) is 5.00. The molecule has 1 fully saturated rings. The molecule has 1 saturated heterocycles. The van der Waals surface area contributed by atoms with Gasteiger partial charge in [-0.05, 0) is 37.5 Å². The molecular formula is C21H22N2O2S. The summed E-state index contributed by atoms with van der Waals surface area (Å²) in [6, 6.07) is 18.2. The highest BCUT2D eigenvalue weighted by molar-refractivity contribution is 7.18. The maximum Gasteiger partial charge on any atom is 0.252 e. The van der Waals surface area contributed by atoms with Gasteiger partial charge in [0.2, 0.25) is 0 Å². The number of carbonyl (C=O) groups is 1. The summed E-state index contributed by atoms with van der Waals surface area (Å²) < 4.78 is 7.01. The molecule has 2 unspecified atom stereocenters. The van der Waals surface area contributed by atoms with Crippen molar-refractivity contribution >= 4 is 27.5 Å². The van der Waals surface area contributed by atoms with Crippen molar-refractivity contribution in [1.29, 1.82) is 0 Å². The SMILES string of the molecule is CC(OCc1ccccc1)C(=O)N1CCCC1c1nc2ccccc2s1. The van der Waals surface area contributed by atoms with E-state index in [4.69, 9.17) is 9.72 Å². The number of rotatable bonds is 5. The Morgan fingerprint density at radius 1 is 1.23 bits per heavy atom. The number of carbonyl (C=O) groups excluding carboxylic acids is 1. The first-order valence-corrected chi connectivity index (χ1v) is 9.85. The molecule has 3 aromatic rings. The zero-order chi connectivity index (χ0) is 17.9. The van der Waals surface area contributed by atoms with Crippen LogP contribution in [0.4, 0.5) is 0 Å². The zero-order valence-corrected chi connectivity index (χ0v) is 15.6. The average Bonchev–Trinajstić information content (AvgIpc) is 3.32. The number of ether oxygens (including phenoxy) is 1. The predicted octanol–water partition coefficient (Wildman–Crippen LogP) is 4.57. The highest BCUT2D eigenvalue weighted by Gasteiger charge is 2.34. The maximum atomic E-state index is 12.9. The Labute approximate surface area is 157 Å². The first-order chi connectivity index (χ1) is 12.7. The first kappa shape index (κ1) is 17.2. The van der Waals surface area contributed by atoms with Crippen LogP contribution in [0.3, 0.4) is 0 Å². The third-order valence-electron chi connectivity index (χ3n) is 4.82. The van der Waals surface area contributed by atoms with Gasteiger partial charge in [0.15, 0.2) is 0 Å². The van der Waals surface area contributed by atoms with Crippen molar-refractivity contribution in [2.24, 2.45) is 0 Å². The molecule has 0 N–H and O–H groups in total.